The van der Waals surface area contributed by atoms with Gasteiger partial charge >= 0.3 is 18.2 Å². The van der Waals surface area contributed by atoms with E-state index in [2.05, 4.69) is 15.6 Å². The summed E-state index contributed by atoms with van der Waals surface area (Å²) in [5.74, 6) is -1.15. The fourth-order valence-electron chi connectivity index (χ4n) is 1.47. The Labute approximate surface area is 140 Å². The van der Waals surface area contributed by atoms with Gasteiger partial charge in [-0.25, -0.2) is 9.78 Å². The number of ether oxygens (including phenoxy) is 1. The lowest BCUT2D eigenvalue weighted by Crippen LogP contribution is -2.37. The topological polar surface area (TPSA) is 101 Å². The van der Waals surface area contributed by atoms with E-state index in [1.165, 1.54) is 0 Å². The van der Waals surface area contributed by atoms with Crippen LogP contribution in [-0.4, -0.2) is 41.8 Å². The van der Waals surface area contributed by atoms with Crippen molar-refractivity contribution < 1.29 is 32.6 Å². The molecule has 0 atom stereocenters. The minimum absolute atomic E-state index is 0.00273. The highest BCUT2D eigenvalue weighted by molar-refractivity contribution is 6.31. The largest absolute Gasteiger partial charge is 0.481 e. The van der Waals surface area contributed by atoms with Gasteiger partial charge in [0.2, 0.25) is 5.88 Å². The Balaban J connectivity index is 2.26. The Hall–Kier alpha value is -2.23. The molecule has 1 rings (SSSR count). The zero-order chi connectivity index (χ0) is 18.2. The number of rotatable bonds is 8. The van der Waals surface area contributed by atoms with Gasteiger partial charge in [-0.3, -0.25) is 4.79 Å². The number of nitrogens with zero attached hydrogens (tertiary/aromatic N) is 1. The highest BCUT2D eigenvalue weighted by Crippen LogP contribution is 2.33. The predicted molar refractivity (Wildman–Crippen MR) is 78.0 cm³/mol. The first-order valence-corrected chi connectivity index (χ1v) is 7.17. The van der Waals surface area contributed by atoms with Gasteiger partial charge in [0.05, 0.1) is 18.6 Å². The number of urea groups is 1. The van der Waals surface area contributed by atoms with Gasteiger partial charge in [-0.2, -0.15) is 13.2 Å². The van der Waals surface area contributed by atoms with Crippen LogP contribution < -0.4 is 15.4 Å². The standard InChI is InChI=1S/C13H15ClF3N3O4/c14-9-6-8(13(15,16)17)7-20-11(9)24-5-1-3-18-12(23)19-4-2-10(21)22/h6-7H,1-5H2,(H,21,22)(H2,18,19,23). The summed E-state index contributed by atoms with van der Waals surface area (Å²) in [6.07, 6.45) is -3.75. The molecule has 1 aromatic rings. The Morgan fingerprint density at radius 3 is 2.54 bits per heavy atom. The predicted octanol–water partition coefficient (Wildman–Crippen LogP) is 2.30. The summed E-state index contributed by atoms with van der Waals surface area (Å²) in [4.78, 5) is 25.0. The number of aromatic nitrogens is 1. The third-order valence-corrected chi connectivity index (χ3v) is 2.88. The fourth-order valence-corrected chi connectivity index (χ4v) is 1.70. The van der Waals surface area contributed by atoms with E-state index in [0.29, 0.717) is 12.6 Å². The molecule has 0 unspecified atom stereocenters. The smallest absolute Gasteiger partial charge is 0.417 e. The lowest BCUT2D eigenvalue weighted by Gasteiger charge is -2.10. The van der Waals surface area contributed by atoms with Crippen molar-refractivity contribution in [1.82, 2.24) is 15.6 Å². The number of halogens is 4. The van der Waals surface area contributed by atoms with Crippen LogP contribution in [0.4, 0.5) is 18.0 Å². The van der Waals surface area contributed by atoms with Crippen molar-refractivity contribution in [3.8, 4) is 5.88 Å². The van der Waals surface area contributed by atoms with E-state index in [1.54, 1.807) is 0 Å². The van der Waals surface area contributed by atoms with Crippen LogP contribution in [-0.2, 0) is 11.0 Å². The van der Waals surface area contributed by atoms with Crippen molar-refractivity contribution in [2.75, 3.05) is 19.7 Å². The second-order valence-corrected chi connectivity index (χ2v) is 4.94. The van der Waals surface area contributed by atoms with Crippen molar-refractivity contribution >= 4 is 23.6 Å². The maximum absolute atomic E-state index is 12.4. The SMILES string of the molecule is O=C(O)CCNC(=O)NCCCOc1ncc(C(F)(F)F)cc1Cl. The molecule has 7 nitrogen and oxygen atoms in total. The lowest BCUT2D eigenvalue weighted by molar-refractivity contribution is -0.138. The highest BCUT2D eigenvalue weighted by Gasteiger charge is 2.31. The first-order chi connectivity index (χ1) is 11.2. The van der Waals surface area contributed by atoms with Crippen molar-refractivity contribution in [2.45, 2.75) is 19.0 Å². The molecule has 0 radical (unpaired) electrons. The second-order valence-electron chi connectivity index (χ2n) is 4.54. The third-order valence-electron chi connectivity index (χ3n) is 2.60. The first-order valence-electron chi connectivity index (χ1n) is 6.79. The molecule has 0 saturated carbocycles. The number of amides is 2. The van der Waals surface area contributed by atoms with Gasteiger partial charge in [-0.1, -0.05) is 11.6 Å². The number of carboxylic acids is 1. The number of pyridine rings is 1. The molecule has 0 aliphatic carbocycles. The molecule has 1 heterocycles. The van der Waals surface area contributed by atoms with Crippen LogP contribution in [0.15, 0.2) is 12.3 Å². The van der Waals surface area contributed by atoms with Gasteiger partial charge < -0.3 is 20.5 Å². The average Bonchev–Trinajstić information content (AvgIpc) is 2.46. The Kier molecular flexibility index (Phi) is 7.56. The number of alkyl halides is 3. The zero-order valence-electron chi connectivity index (χ0n) is 12.3. The van der Waals surface area contributed by atoms with Crippen LogP contribution in [0.2, 0.25) is 5.02 Å². The summed E-state index contributed by atoms with van der Waals surface area (Å²) in [6, 6.07) is 0.194. The molecule has 0 aromatic carbocycles. The minimum atomic E-state index is -4.53. The van der Waals surface area contributed by atoms with E-state index in [4.69, 9.17) is 21.4 Å². The van der Waals surface area contributed by atoms with E-state index in [0.717, 1.165) is 6.07 Å². The van der Waals surface area contributed by atoms with Gasteiger partial charge in [0.25, 0.3) is 0 Å². The van der Waals surface area contributed by atoms with Crippen LogP contribution in [0.3, 0.4) is 0 Å². The maximum atomic E-state index is 12.4. The molecule has 1 aromatic heterocycles. The van der Waals surface area contributed by atoms with Crippen LogP contribution >= 0.6 is 11.6 Å². The number of hydrogen-bond acceptors (Lipinski definition) is 4. The Morgan fingerprint density at radius 1 is 1.29 bits per heavy atom. The second kappa shape index (κ2) is 9.16. The normalized spacial score (nSPS) is 11.0. The van der Waals surface area contributed by atoms with Crippen molar-refractivity contribution in [1.29, 1.82) is 0 Å². The van der Waals surface area contributed by atoms with Crippen molar-refractivity contribution in [2.24, 2.45) is 0 Å². The zero-order valence-corrected chi connectivity index (χ0v) is 13.1. The third kappa shape index (κ3) is 7.36. The van der Waals surface area contributed by atoms with E-state index in [1.807, 2.05) is 0 Å². The van der Waals surface area contributed by atoms with E-state index >= 15 is 0 Å². The van der Waals surface area contributed by atoms with Crippen LogP contribution in [0.1, 0.15) is 18.4 Å². The quantitative estimate of drug-likeness (QED) is 0.610. The van der Waals surface area contributed by atoms with Crippen LogP contribution in [0.25, 0.3) is 0 Å². The van der Waals surface area contributed by atoms with E-state index in [-0.39, 0.29) is 37.0 Å². The summed E-state index contributed by atoms with van der Waals surface area (Å²) in [7, 11) is 0. The van der Waals surface area contributed by atoms with Crippen molar-refractivity contribution in [3.63, 3.8) is 0 Å². The van der Waals surface area contributed by atoms with Crippen LogP contribution in [0.5, 0.6) is 5.88 Å². The maximum Gasteiger partial charge on any atom is 0.417 e. The monoisotopic (exact) mass is 369 g/mol. The Bertz CT molecular complexity index is 584. The molecule has 3 N–H and O–H groups in total. The molecular formula is C13H15ClF3N3O4. The number of nitrogens with one attached hydrogen (secondary N) is 2. The number of carbonyl (C=O) groups is 2. The lowest BCUT2D eigenvalue weighted by atomic mass is 10.3. The molecule has 2 amide bonds. The molecule has 0 spiro atoms. The van der Waals surface area contributed by atoms with Gasteiger partial charge in [-0.15, -0.1) is 0 Å². The minimum Gasteiger partial charge on any atom is -0.481 e. The first kappa shape index (κ1) is 19.8. The molecule has 0 aliphatic rings. The molecule has 11 heteroatoms. The molecule has 0 saturated heterocycles. The number of aliphatic carboxylic acids is 1. The summed E-state index contributed by atoms with van der Waals surface area (Å²) in [5, 5.41) is 12.9. The highest BCUT2D eigenvalue weighted by atomic mass is 35.5. The van der Waals surface area contributed by atoms with E-state index in [9.17, 15) is 22.8 Å². The van der Waals surface area contributed by atoms with Crippen molar-refractivity contribution in [3.05, 3.63) is 22.8 Å². The number of hydrogen-bond donors (Lipinski definition) is 3. The van der Waals surface area contributed by atoms with Gasteiger partial charge in [0.1, 0.15) is 5.02 Å². The Morgan fingerprint density at radius 2 is 1.96 bits per heavy atom. The van der Waals surface area contributed by atoms with Gasteiger partial charge in [0.15, 0.2) is 0 Å². The summed E-state index contributed by atoms with van der Waals surface area (Å²) in [6.45, 7) is 0.299. The molecule has 0 fully saturated rings. The molecule has 0 bridgehead atoms. The molecule has 24 heavy (non-hydrogen) atoms. The van der Waals surface area contributed by atoms with Gasteiger partial charge in [0, 0.05) is 19.3 Å². The van der Waals surface area contributed by atoms with Gasteiger partial charge in [-0.05, 0) is 12.5 Å². The summed E-state index contributed by atoms with van der Waals surface area (Å²) in [5.41, 5.74) is -0.973. The average molecular weight is 370 g/mol. The van der Waals surface area contributed by atoms with E-state index < -0.39 is 23.7 Å². The number of carbonyl (C=O) groups excluding carboxylic acids is 1. The van der Waals surface area contributed by atoms with Crippen LogP contribution in [0, 0.1) is 0 Å². The fraction of sp³-hybridized carbons (Fsp3) is 0.462. The molecule has 134 valence electrons. The number of carboxylic acid groups (broad SMARTS) is 1. The summed E-state index contributed by atoms with van der Waals surface area (Å²) < 4.78 is 42.5. The molecule has 0 aliphatic heterocycles. The summed E-state index contributed by atoms with van der Waals surface area (Å²) >= 11 is 5.67. The molecular weight excluding hydrogens is 355 g/mol.